The standard InChI is InChI=1S/C18H18N2O4/c21-16-15(10-14(11-19-16)18(23)24)12-4-6-13(7-5-12)17(22)20-8-2-1-3-9-20/h4-7,10-11H,1-3,8-9H2,(H,19,21)(H,23,24). The summed E-state index contributed by atoms with van der Waals surface area (Å²) in [6.45, 7) is 1.56. The molecule has 0 radical (unpaired) electrons. The van der Waals surface area contributed by atoms with Gasteiger partial charge >= 0.3 is 5.97 Å². The molecule has 1 aliphatic rings. The lowest BCUT2D eigenvalue weighted by molar-refractivity contribution is 0.0694. The largest absolute Gasteiger partial charge is 0.478 e. The molecule has 0 spiro atoms. The lowest BCUT2D eigenvalue weighted by Crippen LogP contribution is -2.35. The van der Waals surface area contributed by atoms with E-state index >= 15 is 0 Å². The maximum Gasteiger partial charge on any atom is 0.337 e. The van der Waals surface area contributed by atoms with E-state index in [4.69, 9.17) is 5.11 Å². The molecule has 0 saturated carbocycles. The zero-order valence-corrected chi connectivity index (χ0v) is 13.1. The zero-order chi connectivity index (χ0) is 17.1. The number of amides is 1. The van der Waals surface area contributed by atoms with Crippen LogP contribution in [0.3, 0.4) is 0 Å². The molecular formula is C18H18N2O4. The molecule has 0 bridgehead atoms. The molecule has 1 fully saturated rings. The van der Waals surface area contributed by atoms with E-state index in [1.807, 2.05) is 4.90 Å². The molecule has 6 nitrogen and oxygen atoms in total. The van der Waals surface area contributed by atoms with Gasteiger partial charge in [0.05, 0.1) is 5.56 Å². The van der Waals surface area contributed by atoms with Crippen molar-refractivity contribution in [3.8, 4) is 11.1 Å². The molecule has 1 aromatic heterocycles. The predicted molar refractivity (Wildman–Crippen MR) is 89.2 cm³/mol. The first-order chi connectivity index (χ1) is 11.6. The fourth-order valence-corrected chi connectivity index (χ4v) is 2.89. The molecule has 2 heterocycles. The van der Waals surface area contributed by atoms with Crippen molar-refractivity contribution in [1.29, 1.82) is 0 Å². The van der Waals surface area contributed by atoms with E-state index in [-0.39, 0.29) is 22.6 Å². The highest BCUT2D eigenvalue weighted by molar-refractivity contribution is 5.95. The van der Waals surface area contributed by atoms with Crippen LogP contribution in [0.25, 0.3) is 11.1 Å². The van der Waals surface area contributed by atoms with E-state index < -0.39 is 5.97 Å². The number of hydrogen-bond acceptors (Lipinski definition) is 3. The van der Waals surface area contributed by atoms with Crippen molar-refractivity contribution in [2.45, 2.75) is 19.3 Å². The SMILES string of the molecule is O=C(O)c1c[nH]c(=O)c(-c2ccc(C(=O)N3CCCCC3)cc2)c1. The maximum atomic E-state index is 12.4. The van der Waals surface area contributed by atoms with Gasteiger partial charge in [-0.3, -0.25) is 9.59 Å². The van der Waals surface area contributed by atoms with Gasteiger partial charge in [-0.05, 0) is 43.0 Å². The van der Waals surface area contributed by atoms with E-state index in [2.05, 4.69) is 4.98 Å². The number of carbonyl (C=O) groups is 2. The van der Waals surface area contributed by atoms with Gasteiger partial charge in [0.2, 0.25) is 0 Å². The molecule has 1 saturated heterocycles. The topological polar surface area (TPSA) is 90.5 Å². The fourth-order valence-electron chi connectivity index (χ4n) is 2.89. The smallest absolute Gasteiger partial charge is 0.337 e. The van der Waals surface area contributed by atoms with Gasteiger partial charge in [-0.1, -0.05) is 12.1 Å². The Morgan fingerprint density at radius 3 is 2.29 bits per heavy atom. The minimum Gasteiger partial charge on any atom is -0.478 e. The van der Waals surface area contributed by atoms with Gasteiger partial charge < -0.3 is 15.0 Å². The van der Waals surface area contributed by atoms with E-state index in [9.17, 15) is 14.4 Å². The predicted octanol–water partition coefficient (Wildman–Crippen LogP) is 2.37. The van der Waals surface area contributed by atoms with Crippen LogP contribution in [0.2, 0.25) is 0 Å². The number of piperidine rings is 1. The number of aromatic amines is 1. The summed E-state index contributed by atoms with van der Waals surface area (Å²) in [7, 11) is 0. The van der Waals surface area contributed by atoms with Crippen LogP contribution in [0.5, 0.6) is 0 Å². The molecule has 1 aromatic carbocycles. The van der Waals surface area contributed by atoms with Crippen LogP contribution in [-0.2, 0) is 0 Å². The average molecular weight is 326 g/mol. The summed E-state index contributed by atoms with van der Waals surface area (Å²) in [5, 5.41) is 9.04. The lowest BCUT2D eigenvalue weighted by Gasteiger charge is -2.26. The number of H-pyrrole nitrogens is 1. The third-order valence-electron chi connectivity index (χ3n) is 4.24. The van der Waals surface area contributed by atoms with Crippen molar-refractivity contribution in [2.24, 2.45) is 0 Å². The van der Waals surface area contributed by atoms with Gasteiger partial charge in [-0.2, -0.15) is 0 Å². The molecule has 3 rings (SSSR count). The number of hydrogen-bond donors (Lipinski definition) is 2. The number of aromatic nitrogens is 1. The Morgan fingerprint density at radius 2 is 1.67 bits per heavy atom. The molecule has 2 N–H and O–H groups in total. The summed E-state index contributed by atoms with van der Waals surface area (Å²) in [5.74, 6) is -1.11. The number of carbonyl (C=O) groups excluding carboxylic acids is 1. The number of nitrogens with zero attached hydrogens (tertiary/aromatic N) is 1. The molecule has 0 atom stereocenters. The van der Waals surface area contributed by atoms with Gasteiger partial charge in [0.1, 0.15) is 0 Å². The van der Waals surface area contributed by atoms with Crippen LogP contribution in [0.4, 0.5) is 0 Å². The third kappa shape index (κ3) is 3.22. The number of aromatic carboxylic acids is 1. The summed E-state index contributed by atoms with van der Waals surface area (Å²) in [6, 6.07) is 8.04. The Kier molecular flexibility index (Phi) is 4.46. The van der Waals surface area contributed by atoms with Gasteiger partial charge in [0.15, 0.2) is 0 Å². The second-order valence-electron chi connectivity index (χ2n) is 5.87. The van der Waals surface area contributed by atoms with E-state index in [0.29, 0.717) is 11.1 Å². The van der Waals surface area contributed by atoms with Crippen molar-refractivity contribution >= 4 is 11.9 Å². The van der Waals surface area contributed by atoms with E-state index in [1.165, 1.54) is 12.3 Å². The van der Waals surface area contributed by atoms with Crippen LogP contribution in [-0.4, -0.2) is 40.0 Å². The van der Waals surface area contributed by atoms with Crippen molar-refractivity contribution in [3.05, 3.63) is 58.0 Å². The quantitative estimate of drug-likeness (QED) is 0.906. The summed E-state index contributed by atoms with van der Waals surface area (Å²) in [4.78, 5) is 39.7. The lowest BCUT2D eigenvalue weighted by atomic mass is 10.0. The van der Waals surface area contributed by atoms with Gasteiger partial charge in [-0.15, -0.1) is 0 Å². The molecule has 0 aliphatic carbocycles. The second kappa shape index (κ2) is 6.70. The summed E-state index contributed by atoms with van der Waals surface area (Å²) >= 11 is 0. The minimum absolute atomic E-state index is 0.00514. The van der Waals surface area contributed by atoms with E-state index in [0.717, 1.165) is 32.4 Å². The number of rotatable bonds is 3. The summed E-state index contributed by atoms with van der Waals surface area (Å²) < 4.78 is 0. The number of nitrogens with one attached hydrogen (secondary N) is 1. The van der Waals surface area contributed by atoms with Crippen LogP contribution in [0, 0.1) is 0 Å². The van der Waals surface area contributed by atoms with Crippen molar-refractivity contribution in [3.63, 3.8) is 0 Å². The van der Waals surface area contributed by atoms with Crippen LogP contribution >= 0.6 is 0 Å². The average Bonchev–Trinajstić information content (AvgIpc) is 2.62. The Balaban J connectivity index is 1.87. The summed E-state index contributed by atoms with van der Waals surface area (Å²) in [5.41, 5.74) is 1.07. The molecule has 1 amide bonds. The first-order valence-electron chi connectivity index (χ1n) is 7.92. The van der Waals surface area contributed by atoms with E-state index in [1.54, 1.807) is 24.3 Å². The van der Waals surface area contributed by atoms with Crippen molar-refractivity contribution in [1.82, 2.24) is 9.88 Å². The summed E-state index contributed by atoms with van der Waals surface area (Å²) in [6.07, 6.45) is 4.39. The second-order valence-corrected chi connectivity index (χ2v) is 5.87. The highest BCUT2D eigenvalue weighted by Crippen LogP contribution is 2.19. The first-order valence-corrected chi connectivity index (χ1v) is 7.92. The fraction of sp³-hybridized carbons (Fsp3) is 0.278. The maximum absolute atomic E-state index is 12.4. The zero-order valence-electron chi connectivity index (χ0n) is 13.1. The molecule has 124 valence electrons. The molecule has 24 heavy (non-hydrogen) atoms. The molecular weight excluding hydrogens is 308 g/mol. The van der Waals surface area contributed by atoms with Gasteiger partial charge in [0.25, 0.3) is 11.5 Å². The number of carboxylic acid groups (broad SMARTS) is 1. The number of likely N-dealkylation sites (tertiary alicyclic amines) is 1. The molecule has 6 heteroatoms. The van der Waals surface area contributed by atoms with Crippen molar-refractivity contribution in [2.75, 3.05) is 13.1 Å². The normalized spacial score (nSPS) is 14.4. The minimum atomic E-state index is -1.11. The molecule has 0 unspecified atom stereocenters. The first kappa shape index (κ1) is 16.0. The number of carboxylic acids is 1. The Labute approximate surface area is 138 Å². The third-order valence-corrected chi connectivity index (χ3v) is 4.24. The van der Waals surface area contributed by atoms with Crippen molar-refractivity contribution < 1.29 is 14.7 Å². The van der Waals surface area contributed by atoms with Gasteiger partial charge in [0, 0.05) is 30.4 Å². The highest BCUT2D eigenvalue weighted by Gasteiger charge is 2.18. The molecule has 1 aliphatic heterocycles. The Morgan fingerprint density at radius 1 is 1.00 bits per heavy atom. The molecule has 2 aromatic rings. The number of pyridine rings is 1. The number of benzene rings is 1. The highest BCUT2D eigenvalue weighted by atomic mass is 16.4. The van der Waals surface area contributed by atoms with Crippen LogP contribution < -0.4 is 5.56 Å². The Hall–Kier alpha value is -2.89. The monoisotopic (exact) mass is 326 g/mol. The van der Waals surface area contributed by atoms with Crippen LogP contribution in [0.1, 0.15) is 40.0 Å². The Bertz CT molecular complexity index is 818. The van der Waals surface area contributed by atoms with Crippen LogP contribution in [0.15, 0.2) is 41.3 Å². The van der Waals surface area contributed by atoms with Gasteiger partial charge in [-0.25, -0.2) is 4.79 Å².